The van der Waals surface area contributed by atoms with Gasteiger partial charge in [-0.3, -0.25) is 9.69 Å². The lowest BCUT2D eigenvalue weighted by molar-refractivity contribution is 0.0980. The third kappa shape index (κ3) is 4.54. The van der Waals surface area contributed by atoms with Gasteiger partial charge in [0.05, 0.1) is 17.7 Å². The first-order valence-corrected chi connectivity index (χ1v) is 14.7. The Morgan fingerprint density at radius 2 is 1.80 bits per heavy atom. The summed E-state index contributed by atoms with van der Waals surface area (Å²) in [6.45, 7) is 7.07. The fourth-order valence-electron chi connectivity index (χ4n) is 6.31. The van der Waals surface area contributed by atoms with E-state index in [4.69, 9.17) is 9.97 Å². The van der Waals surface area contributed by atoms with Crippen molar-refractivity contribution in [2.24, 2.45) is 0 Å². The zero-order valence-corrected chi connectivity index (χ0v) is 23.6. The standard InChI is InChI=1S/C32H37N7O/c1-21(2)38-16-12-33-31(38)27-5-4-6-30(35-27)39-15-11-24-17-25(22-9-13-36(3)14-10-22)29(18-26(24)32(39)40)37-19-28(34-20-37)23-7-8-23/h4-6,12,16-23H,7-11,13-15H2,1-3H3. The van der Waals surface area contributed by atoms with E-state index in [9.17, 15) is 4.79 Å². The van der Waals surface area contributed by atoms with Crippen molar-refractivity contribution in [2.75, 3.05) is 31.6 Å². The third-order valence-electron chi connectivity index (χ3n) is 8.83. The maximum atomic E-state index is 14.1. The molecule has 0 atom stereocenters. The minimum atomic E-state index is 0.0109. The van der Waals surface area contributed by atoms with Crippen LogP contribution in [-0.2, 0) is 6.42 Å². The Hall–Kier alpha value is -3.78. The number of benzene rings is 1. The number of aromatic nitrogens is 5. The highest BCUT2D eigenvalue weighted by Crippen LogP contribution is 2.40. The van der Waals surface area contributed by atoms with Gasteiger partial charge in [-0.15, -0.1) is 0 Å². The van der Waals surface area contributed by atoms with Gasteiger partial charge in [-0.2, -0.15) is 0 Å². The molecule has 3 aliphatic rings. The molecule has 206 valence electrons. The number of likely N-dealkylation sites (tertiary alicyclic amines) is 1. The van der Waals surface area contributed by atoms with Crippen LogP contribution in [-0.4, -0.2) is 61.6 Å². The Morgan fingerprint density at radius 1 is 0.975 bits per heavy atom. The first kappa shape index (κ1) is 25.2. The molecule has 5 heterocycles. The van der Waals surface area contributed by atoms with Crippen molar-refractivity contribution in [3.63, 3.8) is 0 Å². The summed E-state index contributed by atoms with van der Waals surface area (Å²) in [6.07, 6.45) is 13.4. The molecule has 0 N–H and O–H groups in total. The highest BCUT2D eigenvalue weighted by Gasteiger charge is 2.31. The number of imidazole rings is 2. The van der Waals surface area contributed by atoms with Crippen LogP contribution in [0.1, 0.15) is 84.6 Å². The molecule has 40 heavy (non-hydrogen) atoms. The highest BCUT2D eigenvalue weighted by molar-refractivity contribution is 6.08. The molecule has 1 saturated heterocycles. The Balaban J connectivity index is 1.26. The summed E-state index contributed by atoms with van der Waals surface area (Å²) in [7, 11) is 2.20. The second kappa shape index (κ2) is 10.0. The normalized spacial score (nSPS) is 18.5. The first-order chi connectivity index (χ1) is 19.5. The molecule has 8 nitrogen and oxygen atoms in total. The predicted octanol–water partition coefficient (Wildman–Crippen LogP) is 5.60. The molecule has 0 bridgehead atoms. The first-order valence-electron chi connectivity index (χ1n) is 14.7. The van der Waals surface area contributed by atoms with E-state index >= 15 is 0 Å². The maximum Gasteiger partial charge on any atom is 0.259 e. The van der Waals surface area contributed by atoms with Crippen LogP contribution >= 0.6 is 0 Å². The lowest BCUT2D eigenvalue weighted by Gasteiger charge is -2.33. The molecule has 1 aromatic carbocycles. The van der Waals surface area contributed by atoms with Crippen molar-refractivity contribution in [3.05, 3.63) is 77.6 Å². The molecule has 0 unspecified atom stereocenters. The zero-order chi connectivity index (χ0) is 27.4. The number of amides is 1. The second-order valence-electron chi connectivity index (χ2n) is 12.0. The summed E-state index contributed by atoms with van der Waals surface area (Å²) in [5.74, 6) is 2.58. The van der Waals surface area contributed by atoms with Gasteiger partial charge in [-0.05, 0) is 101 Å². The average molecular weight is 536 g/mol. The molecule has 0 spiro atoms. The summed E-state index contributed by atoms with van der Waals surface area (Å²) < 4.78 is 4.27. The predicted molar refractivity (Wildman–Crippen MR) is 156 cm³/mol. The quantitative estimate of drug-likeness (QED) is 0.321. The molecule has 2 aliphatic heterocycles. The van der Waals surface area contributed by atoms with Crippen LogP contribution < -0.4 is 4.90 Å². The van der Waals surface area contributed by atoms with Crippen molar-refractivity contribution in [1.29, 1.82) is 0 Å². The van der Waals surface area contributed by atoms with Crippen LogP contribution in [0.3, 0.4) is 0 Å². The van der Waals surface area contributed by atoms with Crippen molar-refractivity contribution in [3.8, 4) is 17.2 Å². The van der Waals surface area contributed by atoms with Crippen LogP contribution in [0.25, 0.3) is 17.2 Å². The summed E-state index contributed by atoms with van der Waals surface area (Å²) >= 11 is 0. The number of carbonyl (C=O) groups is 1. The van der Waals surface area contributed by atoms with E-state index in [1.807, 2.05) is 35.6 Å². The number of hydrogen-bond acceptors (Lipinski definition) is 5. The van der Waals surface area contributed by atoms with Crippen LogP contribution in [0, 0.1) is 0 Å². The number of fused-ring (bicyclic) bond motifs is 1. The summed E-state index contributed by atoms with van der Waals surface area (Å²) in [6, 6.07) is 10.6. The number of pyridine rings is 1. The summed E-state index contributed by atoms with van der Waals surface area (Å²) in [4.78, 5) is 32.5. The van der Waals surface area contributed by atoms with Gasteiger partial charge >= 0.3 is 0 Å². The average Bonchev–Trinajstić information content (AvgIpc) is 3.48. The van der Waals surface area contributed by atoms with E-state index in [1.54, 1.807) is 6.20 Å². The van der Waals surface area contributed by atoms with Crippen LogP contribution in [0.5, 0.6) is 0 Å². The van der Waals surface area contributed by atoms with E-state index in [1.165, 1.54) is 24.1 Å². The monoisotopic (exact) mass is 535 g/mol. The van der Waals surface area contributed by atoms with Crippen molar-refractivity contribution in [1.82, 2.24) is 29.0 Å². The second-order valence-corrected chi connectivity index (χ2v) is 12.0. The van der Waals surface area contributed by atoms with Crippen LogP contribution in [0.2, 0.25) is 0 Å². The molecule has 1 saturated carbocycles. The zero-order valence-electron chi connectivity index (χ0n) is 23.6. The van der Waals surface area contributed by atoms with Crippen LogP contribution in [0.4, 0.5) is 5.82 Å². The van der Waals surface area contributed by atoms with Crippen LogP contribution in [0.15, 0.2) is 55.2 Å². The Kier molecular flexibility index (Phi) is 6.30. The number of rotatable bonds is 6. The molecule has 4 aromatic rings. The Bertz CT molecular complexity index is 1550. The lowest BCUT2D eigenvalue weighted by Crippen LogP contribution is -2.38. The van der Waals surface area contributed by atoms with Crippen molar-refractivity contribution < 1.29 is 4.79 Å². The molecule has 8 heteroatoms. The fraction of sp³-hybridized carbons (Fsp3) is 0.438. The molecule has 7 rings (SSSR count). The number of carbonyl (C=O) groups excluding carboxylic acids is 1. The minimum Gasteiger partial charge on any atom is -0.327 e. The van der Waals surface area contributed by atoms with Gasteiger partial charge in [0, 0.05) is 42.7 Å². The van der Waals surface area contributed by atoms with Gasteiger partial charge in [-0.25, -0.2) is 15.0 Å². The highest BCUT2D eigenvalue weighted by atomic mass is 16.2. The number of anilines is 1. The van der Waals surface area contributed by atoms with Crippen molar-refractivity contribution >= 4 is 11.7 Å². The smallest absolute Gasteiger partial charge is 0.259 e. The lowest BCUT2D eigenvalue weighted by atomic mass is 9.84. The number of piperidine rings is 1. The van der Waals surface area contributed by atoms with E-state index < -0.39 is 0 Å². The maximum absolute atomic E-state index is 14.1. The molecule has 3 aromatic heterocycles. The molecule has 1 aliphatic carbocycles. The molecular weight excluding hydrogens is 498 g/mol. The summed E-state index contributed by atoms with van der Waals surface area (Å²) in [5, 5.41) is 0. The Morgan fingerprint density at radius 3 is 2.58 bits per heavy atom. The number of nitrogens with zero attached hydrogens (tertiary/aromatic N) is 7. The third-order valence-corrected chi connectivity index (χ3v) is 8.83. The van der Waals surface area contributed by atoms with Gasteiger partial charge < -0.3 is 14.0 Å². The molecule has 1 amide bonds. The molecule has 2 fully saturated rings. The van der Waals surface area contributed by atoms with Crippen molar-refractivity contribution in [2.45, 2.75) is 63.8 Å². The van der Waals surface area contributed by atoms with Gasteiger partial charge in [0.2, 0.25) is 0 Å². The molecule has 0 radical (unpaired) electrons. The fourth-order valence-corrected chi connectivity index (χ4v) is 6.31. The SMILES string of the molecule is CC(C)n1ccnc1-c1cccc(N2CCc3cc(C4CCN(C)CC4)c(-n4cnc(C5CC5)c4)cc3C2=O)n1. The van der Waals surface area contributed by atoms with Gasteiger partial charge in [0.25, 0.3) is 5.91 Å². The summed E-state index contributed by atoms with van der Waals surface area (Å²) in [5.41, 5.74) is 6.32. The van der Waals surface area contributed by atoms with E-state index in [-0.39, 0.29) is 11.9 Å². The van der Waals surface area contributed by atoms with Gasteiger partial charge in [0.1, 0.15) is 11.5 Å². The largest absolute Gasteiger partial charge is 0.327 e. The van der Waals surface area contributed by atoms with E-state index in [0.717, 1.165) is 60.7 Å². The van der Waals surface area contributed by atoms with E-state index in [0.29, 0.717) is 24.2 Å². The van der Waals surface area contributed by atoms with Gasteiger partial charge in [0.15, 0.2) is 5.82 Å². The number of hydrogen-bond donors (Lipinski definition) is 0. The van der Waals surface area contributed by atoms with E-state index in [2.05, 4.69) is 58.2 Å². The van der Waals surface area contributed by atoms with Gasteiger partial charge in [-0.1, -0.05) is 12.1 Å². The molecular formula is C32H37N7O. The minimum absolute atomic E-state index is 0.0109. The topological polar surface area (TPSA) is 72.1 Å². The Labute approximate surface area is 235 Å².